The largest absolute Gasteiger partial charge is 0.311 e. The molecule has 1 aliphatic carbocycles. The third kappa shape index (κ3) is 1.75. The zero-order valence-corrected chi connectivity index (χ0v) is 9.62. The molecule has 1 N–H and O–H groups in total. The number of hydrogen-bond acceptors (Lipinski definition) is 1. The third-order valence-corrected chi connectivity index (χ3v) is 4.08. The molecule has 0 spiro atoms. The SMILES string of the molecule is CC1NC(C2CC2)CC1c1ccccc1F. The van der Waals surface area contributed by atoms with Gasteiger partial charge in [-0.3, -0.25) is 0 Å². The average molecular weight is 219 g/mol. The lowest BCUT2D eigenvalue weighted by Gasteiger charge is -2.15. The lowest BCUT2D eigenvalue weighted by atomic mass is 9.90. The highest BCUT2D eigenvalue weighted by Gasteiger charge is 2.40. The summed E-state index contributed by atoms with van der Waals surface area (Å²) in [5.74, 6) is 1.17. The van der Waals surface area contributed by atoms with E-state index in [0.717, 1.165) is 17.9 Å². The van der Waals surface area contributed by atoms with E-state index in [1.807, 2.05) is 12.1 Å². The van der Waals surface area contributed by atoms with Crippen molar-refractivity contribution >= 4 is 0 Å². The molecule has 1 heterocycles. The number of rotatable bonds is 2. The molecule has 3 rings (SSSR count). The summed E-state index contributed by atoms with van der Waals surface area (Å²) < 4.78 is 13.7. The first-order chi connectivity index (χ1) is 7.75. The molecule has 86 valence electrons. The normalized spacial score (nSPS) is 34.2. The van der Waals surface area contributed by atoms with Crippen LogP contribution in [-0.4, -0.2) is 12.1 Å². The van der Waals surface area contributed by atoms with Gasteiger partial charge in [0.2, 0.25) is 0 Å². The third-order valence-electron chi connectivity index (χ3n) is 4.08. The fraction of sp³-hybridized carbons (Fsp3) is 0.571. The highest BCUT2D eigenvalue weighted by Crippen LogP contribution is 2.42. The second kappa shape index (κ2) is 3.85. The van der Waals surface area contributed by atoms with Crippen LogP contribution in [-0.2, 0) is 0 Å². The van der Waals surface area contributed by atoms with E-state index in [1.165, 1.54) is 12.8 Å². The fourth-order valence-electron chi connectivity index (χ4n) is 3.00. The Bertz CT molecular complexity index is 386. The highest BCUT2D eigenvalue weighted by molar-refractivity contribution is 5.25. The quantitative estimate of drug-likeness (QED) is 0.806. The van der Waals surface area contributed by atoms with Crippen LogP contribution in [0.1, 0.15) is 37.7 Å². The van der Waals surface area contributed by atoms with Crippen molar-refractivity contribution in [3.63, 3.8) is 0 Å². The average Bonchev–Trinajstić information content (AvgIpc) is 3.04. The van der Waals surface area contributed by atoms with Crippen LogP contribution in [0.4, 0.5) is 4.39 Å². The number of benzene rings is 1. The molecule has 3 atom stereocenters. The molecule has 0 radical (unpaired) electrons. The Morgan fingerprint density at radius 1 is 1.25 bits per heavy atom. The van der Waals surface area contributed by atoms with Crippen LogP contribution in [0.5, 0.6) is 0 Å². The van der Waals surface area contributed by atoms with Crippen molar-refractivity contribution in [3.8, 4) is 0 Å². The first-order valence-electron chi connectivity index (χ1n) is 6.26. The molecular weight excluding hydrogens is 201 g/mol. The molecule has 0 bridgehead atoms. The van der Waals surface area contributed by atoms with Crippen LogP contribution in [0.2, 0.25) is 0 Å². The van der Waals surface area contributed by atoms with E-state index in [9.17, 15) is 4.39 Å². The predicted octanol–water partition coefficient (Wildman–Crippen LogP) is 3.07. The Balaban J connectivity index is 1.82. The molecule has 0 amide bonds. The van der Waals surface area contributed by atoms with Gasteiger partial charge in [-0.1, -0.05) is 18.2 Å². The summed E-state index contributed by atoms with van der Waals surface area (Å²) in [6.07, 6.45) is 3.82. The molecule has 1 nitrogen and oxygen atoms in total. The van der Waals surface area contributed by atoms with Gasteiger partial charge in [-0.05, 0) is 43.7 Å². The van der Waals surface area contributed by atoms with Crippen LogP contribution in [0, 0.1) is 11.7 Å². The van der Waals surface area contributed by atoms with Gasteiger partial charge in [0.15, 0.2) is 0 Å². The second-order valence-corrected chi connectivity index (χ2v) is 5.26. The van der Waals surface area contributed by atoms with Crippen molar-refractivity contribution in [1.29, 1.82) is 0 Å². The summed E-state index contributed by atoms with van der Waals surface area (Å²) in [6.45, 7) is 2.18. The van der Waals surface area contributed by atoms with E-state index in [2.05, 4.69) is 12.2 Å². The molecule has 1 aromatic carbocycles. The minimum atomic E-state index is -0.0439. The maximum Gasteiger partial charge on any atom is 0.126 e. The molecular formula is C14H18FN. The van der Waals surface area contributed by atoms with Crippen molar-refractivity contribution in [1.82, 2.24) is 5.32 Å². The number of nitrogens with one attached hydrogen (secondary N) is 1. The van der Waals surface area contributed by atoms with Crippen molar-refractivity contribution < 1.29 is 4.39 Å². The standard InChI is InChI=1S/C14H18FN/c1-9-12(8-14(16-9)10-6-7-10)11-4-2-3-5-13(11)15/h2-5,9-10,12,14,16H,6-8H2,1H3. The zero-order valence-electron chi connectivity index (χ0n) is 9.62. The highest BCUT2D eigenvalue weighted by atomic mass is 19.1. The summed E-state index contributed by atoms with van der Waals surface area (Å²) >= 11 is 0. The van der Waals surface area contributed by atoms with Crippen LogP contribution >= 0.6 is 0 Å². The Morgan fingerprint density at radius 2 is 2.00 bits per heavy atom. The number of halogens is 1. The Hall–Kier alpha value is -0.890. The van der Waals surface area contributed by atoms with Gasteiger partial charge in [0.05, 0.1) is 0 Å². The Morgan fingerprint density at radius 3 is 2.69 bits per heavy atom. The van der Waals surface area contributed by atoms with E-state index < -0.39 is 0 Å². The van der Waals surface area contributed by atoms with Crippen LogP contribution < -0.4 is 5.32 Å². The summed E-state index contributed by atoms with van der Waals surface area (Å²) in [5, 5.41) is 3.62. The van der Waals surface area contributed by atoms with Crippen LogP contribution in [0.3, 0.4) is 0 Å². The lowest BCUT2D eigenvalue weighted by molar-refractivity contribution is 0.508. The first kappa shape index (κ1) is 10.3. The van der Waals surface area contributed by atoms with E-state index >= 15 is 0 Å². The maximum absolute atomic E-state index is 13.7. The minimum absolute atomic E-state index is 0.0439. The zero-order chi connectivity index (χ0) is 11.1. The van der Waals surface area contributed by atoms with Gasteiger partial charge in [0, 0.05) is 18.0 Å². The van der Waals surface area contributed by atoms with Gasteiger partial charge in [-0.25, -0.2) is 4.39 Å². The minimum Gasteiger partial charge on any atom is -0.311 e. The summed E-state index contributed by atoms with van der Waals surface area (Å²) in [5.41, 5.74) is 0.894. The summed E-state index contributed by atoms with van der Waals surface area (Å²) in [7, 11) is 0. The lowest BCUT2D eigenvalue weighted by Crippen LogP contribution is -2.29. The van der Waals surface area contributed by atoms with Gasteiger partial charge >= 0.3 is 0 Å². The number of hydrogen-bond donors (Lipinski definition) is 1. The van der Waals surface area contributed by atoms with Crippen molar-refractivity contribution in [2.24, 2.45) is 5.92 Å². The fourth-order valence-corrected chi connectivity index (χ4v) is 3.00. The molecule has 1 saturated carbocycles. The first-order valence-corrected chi connectivity index (χ1v) is 6.26. The maximum atomic E-state index is 13.7. The molecule has 16 heavy (non-hydrogen) atoms. The molecule has 2 fully saturated rings. The van der Waals surface area contributed by atoms with E-state index in [0.29, 0.717) is 18.0 Å². The molecule has 0 aromatic heterocycles. The van der Waals surface area contributed by atoms with Crippen molar-refractivity contribution in [2.45, 2.75) is 44.2 Å². The van der Waals surface area contributed by atoms with Gasteiger partial charge in [0.1, 0.15) is 5.82 Å². The Labute approximate surface area is 96.1 Å². The predicted molar refractivity (Wildman–Crippen MR) is 62.9 cm³/mol. The van der Waals surface area contributed by atoms with Crippen LogP contribution in [0.25, 0.3) is 0 Å². The topological polar surface area (TPSA) is 12.0 Å². The van der Waals surface area contributed by atoms with Crippen molar-refractivity contribution in [3.05, 3.63) is 35.6 Å². The molecule has 2 heteroatoms. The monoisotopic (exact) mass is 219 g/mol. The molecule has 3 unspecified atom stereocenters. The van der Waals surface area contributed by atoms with Crippen molar-refractivity contribution in [2.75, 3.05) is 0 Å². The van der Waals surface area contributed by atoms with E-state index in [4.69, 9.17) is 0 Å². The molecule has 1 aliphatic heterocycles. The smallest absolute Gasteiger partial charge is 0.126 e. The van der Waals surface area contributed by atoms with E-state index in [1.54, 1.807) is 12.1 Å². The Kier molecular flexibility index (Phi) is 2.47. The van der Waals surface area contributed by atoms with E-state index in [-0.39, 0.29) is 5.82 Å². The van der Waals surface area contributed by atoms with Crippen LogP contribution in [0.15, 0.2) is 24.3 Å². The van der Waals surface area contributed by atoms with Gasteiger partial charge < -0.3 is 5.32 Å². The molecule has 2 aliphatic rings. The second-order valence-electron chi connectivity index (χ2n) is 5.26. The molecule has 1 aromatic rings. The van der Waals surface area contributed by atoms with Gasteiger partial charge in [-0.2, -0.15) is 0 Å². The van der Waals surface area contributed by atoms with Gasteiger partial charge in [0.25, 0.3) is 0 Å². The summed E-state index contributed by atoms with van der Waals surface area (Å²) in [6, 6.07) is 8.25. The van der Waals surface area contributed by atoms with Gasteiger partial charge in [-0.15, -0.1) is 0 Å². The molecule has 1 saturated heterocycles. The summed E-state index contributed by atoms with van der Waals surface area (Å²) in [4.78, 5) is 0.